The second kappa shape index (κ2) is 9.94. The molecular formula is C25H19F3N6O4. The van der Waals surface area contributed by atoms with Gasteiger partial charge in [0.25, 0.3) is 11.8 Å². The number of aromatic nitrogens is 5. The summed E-state index contributed by atoms with van der Waals surface area (Å²) in [5.74, 6) is -1.34. The van der Waals surface area contributed by atoms with Crippen LogP contribution in [0.1, 0.15) is 36.0 Å². The molecule has 10 nitrogen and oxygen atoms in total. The third-order valence-corrected chi connectivity index (χ3v) is 5.66. The predicted molar refractivity (Wildman–Crippen MR) is 126 cm³/mol. The minimum atomic E-state index is -4.80. The Morgan fingerprint density at radius 3 is 2.42 bits per heavy atom. The second-order valence-electron chi connectivity index (χ2n) is 8.25. The smallest absolute Gasteiger partial charge is 0.378 e. The summed E-state index contributed by atoms with van der Waals surface area (Å²) in [6, 6.07) is 13.3. The molecule has 0 saturated heterocycles. The quantitative estimate of drug-likeness (QED) is 0.278. The average Bonchev–Trinajstić information content (AvgIpc) is 3.69. The fourth-order valence-corrected chi connectivity index (χ4v) is 3.77. The van der Waals surface area contributed by atoms with Crippen molar-refractivity contribution < 1.29 is 32.1 Å². The van der Waals surface area contributed by atoms with Gasteiger partial charge in [0, 0.05) is 23.5 Å². The lowest BCUT2D eigenvalue weighted by Gasteiger charge is -2.15. The van der Waals surface area contributed by atoms with E-state index in [1.54, 1.807) is 37.5 Å². The van der Waals surface area contributed by atoms with E-state index in [0.29, 0.717) is 11.4 Å². The second-order valence-corrected chi connectivity index (χ2v) is 8.25. The maximum absolute atomic E-state index is 13.9. The summed E-state index contributed by atoms with van der Waals surface area (Å²) in [4.78, 5) is 23.4. The van der Waals surface area contributed by atoms with Gasteiger partial charge in [-0.15, -0.1) is 0 Å². The van der Waals surface area contributed by atoms with Crippen LogP contribution in [0.5, 0.6) is 0 Å². The first-order chi connectivity index (χ1) is 18.2. The summed E-state index contributed by atoms with van der Waals surface area (Å²) >= 11 is 0. The summed E-state index contributed by atoms with van der Waals surface area (Å²) in [6.45, 7) is 1.71. The number of aromatic amines is 1. The number of halogens is 3. The number of imidazole rings is 1. The fourth-order valence-electron chi connectivity index (χ4n) is 3.77. The minimum absolute atomic E-state index is 0.0253. The van der Waals surface area contributed by atoms with Crippen molar-refractivity contribution in [2.75, 3.05) is 0 Å². The molecule has 0 fully saturated rings. The summed E-state index contributed by atoms with van der Waals surface area (Å²) < 4.78 is 51.9. The maximum Gasteiger partial charge on any atom is 0.422 e. The number of H-pyrrole nitrogens is 1. The van der Waals surface area contributed by atoms with Crippen molar-refractivity contribution in [1.29, 1.82) is 0 Å². The van der Waals surface area contributed by atoms with E-state index in [9.17, 15) is 23.1 Å². The molecule has 0 aliphatic heterocycles. The summed E-state index contributed by atoms with van der Waals surface area (Å²) in [6.07, 6.45) is -3.11. The number of hydrogen-bond acceptors (Lipinski definition) is 8. The highest BCUT2D eigenvalue weighted by atomic mass is 19.4. The highest BCUT2D eigenvalue weighted by Gasteiger charge is 2.43. The van der Waals surface area contributed by atoms with Crippen molar-refractivity contribution in [2.24, 2.45) is 0 Å². The van der Waals surface area contributed by atoms with Crippen molar-refractivity contribution in [1.82, 2.24) is 30.6 Å². The number of amides is 1. The summed E-state index contributed by atoms with van der Waals surface area (Å²) in [7, 11) is 0. The Balaban J connectivity index is 1.36. The number of nitrogens with zero attached hydrogens (tertiary/aromatic N) is 4. The SMILES string of the molecule is C[C@H](NC(=O)C(O)c1ccc(-c2noc(-c3onc(-c4ccccc4)c3C(F)(F)F)n2)cc1)c1ncc[nH]1. The predicted octanol–water partition coefficient (Wildman–Crippen LogP) is 4.71. The number of rotatable bonds is 7. The highest BCUT2D eigenvalue weighted by molar-refractivity contribution is 5.82. The van der Waals surface area contributed by atoms with Gasteiger partial charge in [-0.1, -0.05) is 64.9 Å². The van der Waals surface area contributed by atoms with Gasteiger partial charge in [-0.25, -0.2) is 4.98 Å². The number of alkyl halides is 3. The molecule has 0 aliphatic rings. The summed E-state index contributed by atoms with van der Waals surface area (Å²) in [5.41, 5.74) is -0.662. The molecule has 0 bridgehead atoms. The molecule has 3 N–H and O–H groups in total. The van der Waals surface area contributed by atoms with Crippen LogP contribution in [0.25, 0.3) is 34.3 Å². The number of aliphatic hydroxyl groups is 1. The molecule has 0 aliphatic carbocycles. The molecule has 38 heavy (non-hydrogen) atoms. The van der Waals surface area contributed by atoms with E-state index in [4.69, 9.17) is 9.05 Å². The van der Waals surface area contributed by atoms with Gasteiger partial charge in [0.1, 0.15) is 17.1 Å². The highest BCUT2D eigenvalue weighted by Crippen LogP contribution is 2.43. The Labute approximate surface area is 212 Å². The van der Waals surface area contributed by atoms with E-state index >= 15 is 0 Å². The molecule has 1 amide bonds. The van der Waals surface area contributed by atoms with Gasteiger partial charge < -0.3 is 24.5 Å². The lowest BCUT2D eigenvalue weighted by molar-refractivity contribution is -0.137. The van der Waals surface area contributed by atoms with Crippen molar-refractivity contribution in [3.63, 3.8) is 0 Å². The van der Waals surface area contributed by atoms with E-state index < -0.39 is 47.1 Å². The summed E-state index contributed by atoms with van der Waals surface area (Å²) in [5, 5.41) is 20.4. The monoisotopic (exact) mass is 524 g/mol. The van der Waals surface area contributed by atoms with Gasteiger partial charge in [-0.05, 0) is 12.5 Å². The Kier molecular flexibility index (Phi) is 6.51. The minimum Gasteiger partial charge on any atom is -0.378 e. The largest absolute Gasteiger partial charge is 0.422 e. The molecule has 5 aromatic rings. The van der Waals surface area contributed by atoms with E-state index in [-0.39, 0.29) is 17.0 Å². The van der Waals surface area contributed by atoms with E-state index in [0.717, 1.165) is 0 Å². The third-order valence-electron chi connectivity index (χ3n) is 5.66. The van der Waals surface area contributed by atoms with Crippen molar-refractivity contribution in [3.8, 4) is 34.3 Å². The topological polar surface area (TPSA) is 143 Å². The van der Waals surface area contributed by atoms with E-state index in [1.165, 1.54) is 36.4 Å². The molecule has 2 aromatic carbocycles. The number of carbonyl (C=O) groups excluding carboxylic acids is 1. The number of aliphatic hydroxyl groups excluding tert-OH is 1. The van der Waals surface area contributed by atoms with Crippen LogP contribution in [-0.2, 0) is 11.0 Å². The van der Waals surface area contributed by atoms with Crippen LogP contribution in [0.15, 0.2) is 76.0 Å². The first kappa shape index (κ1) is 24.9. The zero-order chi connectivity index (χ0) is 26.9. The average molecular weight is 524 g/mol. The Bertz CT molecular complexity index is 1530. The van der Waals surface area contributed by atoms with Gasteiger partial charge >= 0.3 is 6.18 Å². The van der Waals surface area contributed by atoms with Crippen LogP contribution in [0, 0.1) is 0 Å². The molecule has 1 unspecified atom stereocenters. The van der Waals surface area contributed by atoms with Crippen LogP contribution in [0.3, 0.4) is 0 Å². The van der Waals surface area contributed by atoms with Gasteiger partial charge in [-0.3, -0.25) is 4.79 Å². The van der Waals surface area contributed by atoms with Gasteiger partial charge in [-0.2, -0.15) is 18.2 Å². The van der Waals surface area contributed by atoms with Gasteiger partial charge in [0.05, 0.1) is 6.04 Å². The lowest BCUT2D eigenvalue weighted by atomic mass is 10.1. The van der Waals surface area contributed by atoms with Crippen molar-refractivity contribution >= 4 is 5.91 Å². The standard InChI is InChI=1S/C25H19F3N6O4/c1-13(21-29-11-12-30-21)31-23(36)19(35)15-7-9-16(10-8-15)22-32-24(38-34-22)20-17(25(26,27)28)18(33-37-20)14-5-3-2-4-6-14/h2-13,19,35H,1H3,(H,29,30)(H,31,36)/t13-,19?/m0/s1. The molecule has 3 heterocycles. The van der Waals surface area contributed by atoms with Crippen molar-refractivity contribution in [2.45, 2.75) is 25.2 Å². The first-order valence-corrected chi connectivity index (χ1v) is 11.3. The molecule has 13 heteroatoms. The zero-order valence-electron chi connectivity index (χ0n) is 19.6. The van der Waals surface area contributed by atoms with Crippen LogP contribution in [0.4, 0.5) is 13.2 Å². The third kappa shape index (κ3) is 4.91. The van der Waals surface area contributed by atoms with Crippen LogP contribution >= 0.6 is 0 Å². The molecule has 3 aromatic heterocycles. The normalized spacial score (nSPS) is 13.3. The number of carbonyl (C=O) groups is 1. The van der Waals surface area contributed by atoms with Crippen LogP contribution in [0.2, 0.25) is 0 Å². The van der Waals surface area contributed by atoms with E-state index in [2.05, 4.69) is 30.6 Å². The van der Waals surface area contributed by atoms with Crippen LogP contribution < -0.4 is 5.32 Å². The van der Waals surface area contributed by atoms with Gasteiger partial charge in [0.2, 0.25) is 11.6 Å². The number of nitrogens with one attached hydrogen (secondary N) is 2. The number of hydrogen-bond donors (Lipinski definition) is 3. The molecule has 2 atom stereocenters. The zero-order valence-corrected chi connectivity index (χ0v) is 19.6. The Morgan fingerprint density at radius 2 is 1.76 bits per heavy atom. The molecule has 5 rings (SSSR count). The molecular weight excluding hydrogens is 505 g/mol. The van der Waals surface area contributed by atoms with Crippen molar-refractivity contribution in [3.05, 3.63) is 83.9 Å². The lowest BCUT2D eigenvalue weighted by Crippen LogP contribution is -2.32. The molecule has 0 saturated carbocycles. The fraction of sp³-hybridized carbons (Fsp3) is 0.160. The molecule has 0 radical (unpaired) electrons. The van der Waals surface area contributed by atoms with Crippen LogP contribution in [-0.4, -0.2) is 36.3 Å². The van der Waals surface area contributed by atoms with Gasteiger partial charge in [0.15, 0.2) is 6.10 Å². The maximum atomic E-state index is 13.9. The Morgan fingerprint density at radius 1 is 1.03 bits per heavy atom. The Hall–Kier alpha value is -4.78. The van der Waals surface area contributed by atoms with E-state index in [1.807, 2.05) is 0 Å². The molecule has 194 valence electrons. The number of benzene rings is 2. The molecule has 0 spiro atoms. The first-order valence-electron chi connectivity index (χ1n) is 11.3.